The number of rotatable bonds is 7. The Balaban J connectivity index is 1.80. The van der Waals surface area contributed by atoms with Crippen LogP contribution in [0.5, 0.6) is 11.5 Å². The van der Waals surface area contributed by atoms with Crippen LogP contribution in [-0.2, 0) is 4.79 Å². The minimum Gasteiger partial charge on any atom is -0.490 e. The van der Waals surface area contributed by atoms with E-state index in [4.69, 9.17) is 21.1 Å². The van der Waals surface area contributed by atoms with Gasteiger partial charge in [0.25, 0.3) is 5.91 Å². The van der Waals surface area contributed by atoms with E-state index < -0.39 is 0 Å². The maximum atomic E-state index is 12.3. The number of nitrogens with one attached hydrogen (secondary N) is 1. The second kappa shape index (κ2) is 9.48. The number of carbonyl (C=O) groups is 1. The summed E-state index contributed by atoms with van der Waals surface area (Å²) in [5.74, 6) is 1.07. The SMILES string of the molecule is C=CCOc1ccc(/C=C2\SC(=Nc3ccc(Cl)cc3)NC2=O)cc1OCC. The quantitative estimate of drug-likeness (QED) is 0.500. The minimum atomic E-state index is -0.192. The molecule has 5 nitrogen and oxygen atoms in total. The molecule has 7 heteroatoms. The van der Waals surface area contributed by atoms with Gasteiger partial charge in [-0.05, 0) is 66.7 Å². The molecular weight excluding hydrogens is 396 g/mol. The molecule has 2 aromatic rings. The highest BCUT2D eigenvalue weighted by atomic mass is 35.5. The van der Waals surface area contributed by atoms with E-state index in [1.165, 1.54) is 11.8 Å². The summed E-state index contributed by atoms with van der Waals surface area (Å²) in [4.78, 5) is 17.3. The van der Waals surface area contributed by atoms with Crippen LogP contribution in [0, 0.1) is 0 Å². The predicted octanol–water partition coefficient (Wildman–Crippen LogP) is 5.20. The van der Waals surface area contributed by atoms with E-state index in [-0.39, 0.29) is 5.91 Å². The van der Waals surface area contributed by atoms with Gasteiger partial charge in [0.2, 0.25) is 0 Å². The van der Waals surface area contributed by atoms with E-state index >= 15 is 0 Å². The lowest BCUT2D eigenvalue weighted by molar-refractivity contribution is -0.115. The summed E-state index contributed by atoms with van der Waals surface area (Å²) < 4.78 is 11.2. The van der Waals surface area contributed by atoms with Crippen molar-refractivity contribution in [3.05, 3.63) is 70.6 Å². The summed E-state index contributed by atoms with van der Waals surface area (Å²) in [6.45, 7) is 6.46. The average molecular weight is 415 g/mol. The molecule has 0 spiro atoms. The molecule has 28 heavy (non-hydrogen) atoms. The van der Waals surface area contributed by atoms with Crippen LogP contribution >= 0.6 is 23.4 Å². The van der Waals surface area contributed by atoms with Crippen molar-refractivity contribution in [1.29, 1.82) is 0 Å². The highest BCUT2D eigenvalue weighted by Gasteiger charge is 2.24. The fourth-order valence-electron chi connectivity index (χ4n) is 2.42. The van der Waals surface area contributed by atoms with Crippen molar-refractivity contribution in [1.82, 2.24) is 5.32 Å². The van der Waals surface area contributed by atoms with E-state index in [0.717, 1.165) is 11.3 Å². The van der Waals surface area contributed by atoms with Crippen LogP contribution in [0.3, 0.4) is 0 Å². The van der Waals surface area contributed by atoms with Crippen LogP contribution in [0.2, 0.25) is 5.02 Å². The Morgan fingerprint density at radius 1 is 1.18 bits per heavy atom. The molecule has 0 unspecified atom stereocenters. The highest BCUT2D eigenvalue weighted by Crippen LogP contribution is 2.32. The van der Waals surface area contributed by atoms with Gasteiger partial charge in [-0.2, -0.15) is 0 Å². The zero-order valence-corrected chi connectivity index (χ0v) is 16.8. The number of hydrogen-bond donors (Lipinski definition) is 1. The molecule has 1 aliphatic heterocycles. The zero-order valence-electron chi connectivity index (χ0n) is 15.3. The number of amidine groups is 1. The van der Waals surface area contributed by atoms with Crippen molar-refractivity contribution in [3.8, 4) is 11.5 Å². The number of benzene rings is 2. The standard InChI is InChI=1S/C21H19ClN2O3S/c1-3-11-27-17-10-5-14(12-18(17)26-4-2)13-19-20(25)24-21(28-19)23-16-8-6-15(22)7-9-16/h3,5-10,12-13H,1,4,11H2,2H3,(H,23,24,25)/b19-13-. The molecule has 0 saturated carbocycles. The molecule has 0 aliphatic carbocycles. The van der Waals surface area contributed by atoms with Crippen molar-refractivity contribution in [2.24, 2.45) is 4.99 Å². The first-order valence-electron chi connectivity index (χ1n) is 8.64. The van der Waals surface area contributed by atoms with Gasteiger partial charge in [-0.3, -0.25) is 4.79 Å². The van der Waals surface area contributed by atoms with Crippen LogP contribution in [0.4, 0.5) is 5.69 Å². The van der Waals surface area contributed by atoms with Gasteiger partial charge in [0.1, 0.15) is 6.61 Å². The van der Waals surface area contributed by atoms with Gasteiger partial charge in [-0.1, -0.05) is 30.3 Å². The van der Waals surface area contributed by atoms with Gasteiger partial charge in [-0.15, -0.1) is 0 Å². The Labute approximate surface area is 173 Å². The second-order valence-electron chi connectivity index (χ2n) is 5.70. The largest absolute Gasteiger partial charge is 0.490 e. The molecule has 0 aromatic heterocycles. The molecule has 2 aromatic carbocycles. The van der Waals surface area contributed by atoms with Gasteiger partial charge in [0.05, 0.1) is 17.2 Å². The number of aliphatic imine (C=N–C) groups is 1. The Bertz CT molecular complexity index is 939. The molecule has 0 atom stereocenters. The minimum absolute atomic E-state index is 0.192. The van der Waals surface area contributed by atoms with E-state index in [0.29, 0.717) is 39.8 Å². The molecule has 1 aliphatic rings. The fourth-order valence-corrected chi connectivity index (χ4v) is 3.38. The topological polar surface area (TPSA) is 59.9 Å². The molecule has 1 fully saturated rings. The van der Waals surface area contributed by atoms with Crippen LogP contribution < -0.4 is 14.8 Å². The van der Waals surface area contributed by atoms with E-state index in [1.54, 1.807) is 36.4 Å². The first-order chi connectivity index (χ1) is 13.6. The van der Waals surface area contributed by atoms with E-state index in [2.05, 4.69) is 16.9 Å². The van der Waals surface area contributed by atoms with Gasteiger partial charge in [-0.25, -0.2) is 4.99 Å². The third-order valence-electron chi connectivity index (χ3n) is 3.63. The molecule has 0 bridgehead atoms. The monoisotopic (exact) mass is 414 g/mol. The summed E-state index contributed by atoms with van der Waals surface area (Å²) in [6.07, 6.45) is 3.47. The lowest BCUT2D eigenvalue weighted by atomic mass is 10.2. The Morgan fingerprint density at radius 3 is 2.68 bits per heavy atom. The molecule has 3 rings (SSSR count). The van der Waals surface area contributed by atoms with Gasteiger partial charge in [0, 0.05) is 5.02 Å². The first-order valence-corrected chi connectivity index (χ1v) is 9.84. The molecule has 1 heterocycles. The molecular formula is C21H19ClN2O3S. The summed E-state index contributed by atoms with van der Waals surface area (Å²) in [7, 11) is 0. The van der Waals surface area contributed by atoms with Crippen molar-refractivity contribution in [2.75, 3.05) is 13.2 Å². The third kappa shape index (κ3) is 5.18. The average Bonchev–Trinajstić information content (AvgIpc) is 3.02. The molecule has 1 amide bonds. The van der Waals surface area contributed by atoms with Crippen molar-refractivity contribution in [2.45, 2.75) is 6.92 Å². The zero-order chi connectivity index (χ0) is 19.9. The van der Waals surface area contributed by atoms with Crippen LogP contribution in [0.25, 0.3) is 6.08 Å². The molecule has 0 radical (unpaired) electrons. The number of nitrogens with zero attached hydrogens (tertiary/aromatic N) is 1. The maximum absolute atomic E-state index is 12.3. The second-order valence-corrected chi connectivity index (χ2v) is 7.16. The Morgan fingerprint density at radius 2 is 1.96 bits per heavy atom. The van der Waals surface area contributed by atoms with Crippen molar-refractivity contribution >= 4 is 46.2 Å². The first kappa shape index (κ1) is 20.0. The normalized spacial score (nSPS) is 16.3. The van der Waals surface area contributed by atoms with Gasteiger partial charge in [0.15, 0.2) is 16.7 Å². The smallest absolute Gasteiger partial charge is 0.264 e. The lowest BCUT2D eigenvalue weighted by Gasteiger charge is -2.11. The maximum Gasteiger partial charge on any atom is 0.264 e. The molecule has 1 saturated heterocycles. The molecule has 144 valence electrons. The van der Waals surface area contributed by atoms with E-state index in [1.807, 2.05) is 25.1 Å². The number of thioether (sulfide) groups is 1. The Kier molecular flexibility index (Phi) is 6.79. The third-order valence-corrected chi connectivity index (χ3v) is 4.79. The summed E-state index contributed by atoms with van der Waals surface area (Å²) >= 11 is 7.16. The van der Waals surface area contributed by atoms with Crippen molar-refractivity contribution < 1.29 is 14.3 Å². The number of amides is 1. The summed E-state index contributed by atoms with van der Waals surface area (Å²) in [5.41, 5.74) is 1.55. The number of ether oxygens (including phenoxy) is 2. The predicted molar refractivity (Wildman–Crippen MR) is 116 cm³/mol. The highest BCUT2D eigenvalue weighted by molar-refractivity contribution is 8.18. The van der Waals surface area contributed by atoms with Gasteiger partial charge < -0.3 is 14.8 Å². The summed E-state index contributed by atoms with van der Waals surface area (Å²) in [5, 5.41) is 3.93. The number of halogens is 1. The number of hydrogen-bond acceptors (Lipinski definition) is 5. The molecule has 1 N–H and O–H groups in total. The Hall–Kier alpha value is -2.70. The van der Waals surface area contributed by atoms with Crippen molar-refractivity contribution in [3.63, 3.8) is 0 Å². The van der Waals surface area contributed by atoms with Gasteiger partial charge >= 0.3 is 0 Å². The van der Waals surface area contributed by atoms with Crippen LogP contribution in [0.15, 0.2) is 65.0 Å². The van der Waals surface area contributed by atoms with Crippen LogP contribution in [-0.4, -0.2) is 24.3 Å². The summed E-state index contributed by atoms with van der Waals surface area (Å²) in [6, 6.07) is 12.6. The fraction of sp³-hybridized carbons (Fsp3) is 0.143. The number of carbonyl (C=O) groups excluding carboxylic acids is 1. The lowest BCUT2D eigenvalue weighted by Crippen LogP contribution is -2.19. The van der Waals surface area contributed by atoms with E-state index in [9.17, 15) is 4.79 Å². The van der Waals surface area contributed by atoms with Crippen LogP contribution in [0.1, 0.15) is 12.5 Å².